The highest BCUT2D eigenvalue weighted by atomic mass is 16.5. The van der Waals surface area contributed by atoms with Gasteiger partial charge in [0.05, 0.1) is 17.1 Å². The van der Waals surface area contributed by atoms with E-state index in [0.717, 1.165) is 22.8 Å². The highest BCUT2D eigenvalue weighted by Crippen LogP contribution is 2.36. The minimum absolute atomic E-state index is 0.132. The van der Waals surface area contributed by atoms with E-state index in [-0.39, 0.29) is 11.6 Å². The molecule has 1 fully saturated rings. The third-order valence-corrected chi connectivity index (χ3v) is 5.56. The van der Waals surface area contributed by atoms with Crippen LogP contribution in [0.4, 0.5) is 17.1 Å². The van der Waals surface area contributed by atoms with Crippen LogP contribution >= 0.6 is 0 Å². The van der Waals surface area contributed by atoms with Gasteiger partial charge in [-0.25, -0.2) is 0 Å². The first kappa shape index (κ1) is 19.8. The lowest BCUT2D eigenvalue weighted by Gasteiger charge is -2.20. The van der Waals surface area contributed by atoms with Crippen LogP contribution in [0, 0.1) is 5.92 Å². The number of aromatic amines is 1. The second-order valence-electron chi connectivity index (χ2n) is 7.89. The van der Waals surface area contributed by atoms with Crippen molar-refractivity contribution in [3.63, 3.8) is 0 Å². The quantitative estimate of drug-likeness (QED) is 0.423. The Bertz CT molecular complexity index is 1330. The summed E-state index contributed by atoms with van der Waals surface area (Å²) in [5.74, 6) is 1.20. The van der Waals surface area contributed by atoms with Gasteiger partial charge in [-0.1, -0.05) is 6.58 Å². The fourth-order valence-corrected chi connectivity index (χ4v) is 3.50. The third kappa shape index (κ3) is 4.18. The zero-order valence-electron chi connectivity index (χ0n) is 17.7. The molecule has 0 unspecified atom stereocenters. The summed E-state index contributed by atoms with van der Waals surface area (Å²) in [6.07, 6.45) is 5.56. The molecule has 0 atom stereocenters. The van der Waals surface area contributed by atoms with Gasteiger partial charge < -0.3 is 15.0 Å². The van der Waals surface area contributed by atoms with Crippen LogP contribution in [-0.4, -0.2) is 22.0 Å². The molecule has 4 aromatic rings. The summed E-state index contributed by atoms with van der Waals surface area (Å²) < 4.78 is 5.76. The number of rotatable bonds is 7. The van der Waals surface area contributed by atoms with Crippen LogP contribution in [0.15, 0.2) is 84.1 Å². The van der Waals surface area contributed by atoms with Crippen LogP contribution in [-0.2, 0) is 0 Å². The maximum atomic E-state index is 12.2. The summed E-state index contributed by atoms with van der Waals surface area (Å²) in [6, 6.07) is 17.6. The van der Waals surface area contributed by atoms with E-state index in [0.29, 0.717) is 22.6 Å². The van der Waals surface area contributed by atoms with Gasteiger partial charge in [-0.05, 0) is 73.4 Å². The molecule has 0 aliphatic heterocycles. The number of pyridine rings is 1. The third-order valence-electron chi connectivity index (χ3n) is 5.56. The number of benzene rings is 2. The predicted molar refractivity (Wildman–Crippen MR) is 127 cm³/mol. The molecular weight excluding hydrogens is 402 g/mol. The smallest absolute Gasteiger partial charge is 0.302 e. The molecule has 7 nitrogen and oxygen atoms in total. The number of ether oxygens (including phenoxy) is 1. The van der Waals surface area contributed by atoms with E-state index < -0.39 is 0 Å². The number of hydrogen-bond donors (Lipinski definition) is 2. The van der Waals surface area contributed by atoms with E-state index in [1.54, 1.807) is 12.3 Å². The molecule has 2 N–H and O–H groups in total. The molecule has 5 rings (SSSR count). The van der Waals surface area contributed by atoms with Crippen LogP contribution in [0.2, 0.25) is 0 Å². The van der Waals surface area contributed by atoms with Crippen molar-refractivity contribution in [3.05, 3.63) is 89.6 Å². The van der Waals surface area contributed by atoms with Crippen LogP contribution in [0.25, 0.3) is 10.9 Å². The number of anilines is 3. The minimum atomic E-state index is -0.262. The number of allylic oxidation sites excluding steroid dienone is 1. The number of hydrogen-bond acceptors (Lipinski definition) is 6. The monoisotopic (exact) mass is 425 g/mol. The van der Waals surface area contributed by atoms with Crippen LogP contribution in [0.1, 0.15) is 12.8 Å². The lowest BCUT2D eigenvalue weighted by Crippen LogP contribution is -2.10. The van der Waals surface area contributed by atoms with Crippen LogP contribution in [0.3, 0.4) is 0 Å². The Balaban J connectivity index is 1.28. The molecule has 2 heterocycles. The molecule has 0 radical (unpaired) electrons. The maximum Gasteiger partial charge on any atom is 0.302 e. The minimum Gasteiger partial charge on any atom is -0.426 e. The number of nitrogens with zero attached hydrogens (tertiary/aromatic N) is 3. The Morgan fingerprint density at radius 2 is 1.78 bits per heavy atom. The molecule has 0 spiro atoms. The van der Waals surface area contributed by atoms with Gasteiger partial charge in [-0.3, -0.25) is 14.8 Å². The largest absolute Gasteiger partial charge is 0.426 e. The van der Waals surface area contributed by atoms with Gasteiger partial charge in [0.15, 0.2) is 0 Å². The second kappa shape index (κ2) is 8.19. The number of nitrogens with one attached hydrogen (secondary N) is 2. The molecule has 0 amide bonds. The van der Waals surface area contributed by atoms with Gasteiger partial charge >= 0.3 is 6.01 Å². The Morgan fingerprint density at radius 1 is 1.09 bits per heavy atom. The summed E-state index contributed by atoms with van der Waals surface area (Å²) in [6.45, 7) is 4.11. The van der Waals surface area contributed by atoms with E-state index >= 15 is 0 Å². The summed E-state index contributed by atoms with van der Waals surface area (Å²) in [4.78, 5) is 25.3. The number of fused-ring (bicyclic) bond motifs is 1. The topological polar surface area (TPSA) is 83.1 Å². The summed E-state index contributed by atoms with van der Waals surface area (Å²) >= 11 is 0. The fourth-order valence-electron chi connectivity index (χ4n) is 3.50. The highest BCUT2D eigenvalue weighted by Gasteiger charge is 2.24. The van der Waals surface area contributed by atoms with E-state index in [4.69, 9.17) is 4.74 Å². The van der Waals surface area contributed by atoms with E-state index in [1.165, 1.54) is 19.0 Å². The molecule has 160 valence electrons. The molecular formula is C25H23N5O2. The first-order chi connectivity index (χ1) is 15.6. The van der Waals surface area contributed by atoms with Crippen molar-refractivity contribution in [1.29, 1.82) is 0 Å². The summed E-state index contributed by atoms with van der Waals surface area (Å²) in [5.41, 5.74) is 4.44. The molecule has 1 aliphatic rings. The molecule has 2 aromatic carbocycles. The predicted octanol–water partition coefficient (Wildman–Crippen LogP) is 5.21. The van der Waals surface area contributed by atoms with E-state index in [9.17, 15) is 4.79 Å². The molecule has 0 bridgehead atoms. The van der Waals surface area contributed by atoms with Crippen molar-refractivity contribution in [2.24, 2.45) is 5.92 Å². The van der Waals surface area contributed by atoms with Gasteiger partial charge in [0, 0.05) is 36.0 Å². The average molecular weight is 425 g/mol. The molecule has 1 saturated carbocycles. The normalized spacial score (nSPS) is 13.0. The molecule has 2 aromatic heterocycles. The van der Waals surface area contributed by atoms with Gasteiger partial charge in [-0.15, -0.1) is 0 Å². The maximum absolute atomic E-state index is 12.2. The number of H-pyrrole nitrogens is 1. The van der Waals surface area contributed by atoms with Crippen molar-refractivity contribution < 1.29 is 4.74 Å². The lowest BCUT2D eigenvalue weighted by atomic mass is 10.2. The van der Waals surface area contributed by atoms with Crippen molar-refractivity contribution in [2.45, 2.75) is 12.8 Å². The number of aromatic nitrogens is 3. The van der Waals surface area contributed by atoms with Crippen LogP contribution in [0.5, 0.6) is 11.8 Å². The summed E-state index contributed by atoms with van der Waals surface area (Å²) in [5, 5.41) is 3.87. The average Bonchev–Trinajstić information content (AvgIpc) is 3.65. The zero-order valence-corrected chi connectivity index (χ0v) is 17.7. The van der Waals surface area contributed by atoms with Crippen molar-refractivity contribution in [2.75, 3.05) is 17.3 Å². The zero-order chi connectivity index (χ0) is 22.1. The van der Waals surface area contributed by atoms with Gasteiger partial charge in [0.2, 0.25) is 0 Å². The Hall–Kier alpha value is -4.13. The molecule has 7 heteroatoms. The Kier molecular flexibility index (Phi) is 5.07. The second-order valence-corrected chi connectivity index (χ2v) is 7.89. The van der Waals surface area contributed by atoms with E-state index in [2.05, 4.69) is 56.0 Å². The molecule has 1 aliphatic carbocycles. The Labute approximate surface area is 185 Å². The molecule has 0 saturated heterocycles. The van der Waals surface area contributed by atoms with Crippen molar-refractivity contribution in [3.8, 4) is 11.8 Å². The highest BCUT2D eigenvalue weighted by molar-refractivity contribution is 5.76. The van der Waals surface area contributed by atoms with E-state index in [1.807, 2.05) is 31.3 Å². The Morgan fingerprint density at radius 3 is 2.47 bits per heavy atom. The van der Waals surface area contributed by atoms with Gasteiger partial charge in [0.25, 0.3) is 5.56 Å². The molecule has 32 heavy (non-hydrogen) atoms. The van der Waals surface area contributed by atoms with Crippen molar-refractivity contribution in [1.82, 2.24) is 15.0 Å². The van der Waals surface area contributed by atoms with Gasteiger partial charge in [-0.2, -0.15) is 4.98 Å². The first-order valence-electron chi connectivity index (χ1n) is 10.5. The summed E-state index contributed by atoms with van der Waals surface area (Å²) in [7, 11) is 2.01. The van der Waals surface area contributed by atoms with Crippen molar-refractivity contribution >= 4 is 28.0 Å². The van der Waals surface area contributed by atoms with Gasteiger partial charge in [0.1, 0.15) is 5.75 Å². The SMILES string of the molecule is C=C(Nc1ccc(N(C)c2ccc(Oc3nc4cnccc4c(=O)[nH]3)cc2)cc1)C1CC1. The van der Waals surface area contributed by atoms with Crippen LogP contribution < -0.4 is 20.5 Å². The fraction of sp³-hybridized carbons (Fsp3) is 0.160. The lowest BCUT2D eigenvalue weighted by molar-refractivity contribution is 0.443. The standard InChI is InChI=1S/C25H23N5O2/c1-16(17-3-4-17)27-18-5-7-19(8-6-18)30(2)20-9-11-21(12-10-20)32-25-28-23-15-26-14-13-22(23)24(31)29-25/h5-15,17,27H,1,3-4H2,2H3,(H,28,29,31). The first-order valence-corrected chi connectivity index (χ1v) is 10.5.